The van der Waals surface area contributed by atoms with Gasteiger partial charge in [0.15, 0.2) is 0 Å². The Morgan fingerprint density at radius 2 is 2.21 bits per heavy atom. The van der Waals surface area contributed by atoms with Crippen LogP contribution in [0.5, 0.6) is 0 Å². The minimum atomic E-state index is -0.0239. The normalized spacial score (nSPS) is 12.3. The van der Waals surface area contributed by atoms with Crippen LogP contribution in [0.15, 0.2) is 0 Å². The van der Waals surface area contributed by atoms with Crippen LogP contribution in [0.1, 0.15) is 26.7 Å². The molecule has 2 N–H and O–H groups in total. The van der Waals surface area contributed by atoms with Gasteiger partial charge in [-0.05, 0) is 25.7 Å². The number of nitrogens with zero attached hydrogens (tertiary/aromatic N) is 1. The maximum atomic E-state index is 11.3. The van der Waals surface area contributed by atoms with Crippen LogP contribution in [0.3, 0.4) is 0 Å². The van der Waals surface area contributed by atoms with E-state index in [4.69, 9.17) is 5.11 Å². The summed E-state index contributed by atoms with van der Waals surface area (Å²) in [5.41, 5.74) is 0. The van der Waals surface area contributed by atoms with E-state index in [9.17, 15) is 4.79 Å². The Morgan fingerprint density at radius 3 is 2.71 bits per heavy atom. The first-order valence-corrected chi connectivity index (χ1v) is 5.21. The van der Waals surface area contributed by atoms with E-state index in [0.29, 0.717) is 12.5 Å². The third kappa shape index (κ3) is 5.80. The number of aliphatic hydroxyl groups is 1. The smallest absolute Gasteiger partial charge is 0.317 e. The van der Waals surface area contributed by atoms with Gasteiger partial charge in [0.05, 0.1) is 0 Å². The van der Waals surface area contributed by atoms with Crippen LogP contribution in [-0.4, -0.2) is 42.8 Å². The van der Waals surface area contributed by atoms with Crippen molar-refractivity contribution in [2.24, 2.45) is 5.92 Å². The number of hydrogen-bond acceptors (Lipinski definition) is 2. The number of carbonyl (C=O) groups excluding carboxylic acids is 1. The number of hydrogen-bond donors (Lipinski definition) is 2. The lowest BCUT2D eigenvalue weighted by molar-refractivity contribution is 0.209. The first kappa shape index (κ1) is 13.2. The molecule has 84 valence electrons. The maximum Gasteiger partial charge on any atom is 0.317 e. The first-order chi connectivity index (χ1) is 6.61. The molecule has 2 amide bonds. The van der Waals surface area contributed by atoms with Crippen LogP contribution in [0.2, 0.25) is 0 Å². The second-order valence-corrected chi connectivity index (χ2v) is 3.68. The van der Waals surface area contributed by atoms with E-state index < -0.39 is 0 Å². The summed E-state index contributed by atoms with van der Waals surface area (Å²) in [5.74, 6) is 0.329. The monoisotopic (exact) mass is 202 g/mol. The second kappa shape index (κ2) is 7.62. The van der Waals surface area contributed by atoms with Crippen LogP contribution in [0, 0.1) is 5.92 Å². The molecule has 0 aromatic carbocycles. The van der Waals surface area contributed by atoms with Gasteiger partial charge in [0, 0.05) is 26.7 Å². The summed E-state index contributed by atoms with van der Waals surface area (Å²) >= 11 is 0. The standard InChI is InChI=1S/C10H22N2O2/c1-4-12(3)10(14)11-7-5-6-9(2)8-13/h9,13H,4-8H2,1-3H3,(H,11,14). The Morgan fingerprint density at radius 1 is 1.57 bits per heavy atom. The average Bonchev–Trinajstić information content (AvgIpc) is 2.22. The van der Waals surface area contributed by atoms with E-state index in [-0.39, 0.29) is 12.6 Å². The lowest BCUT2D eigenvalue weighted by atomic mass is 10.1. The summed E-state index contributed by atoms with van der Waals surface area (Å²) in [5, 5.41) is 11.6. The second-order valence-electron chi connectivity index (χ2n) is 3.68. The van der Waals surface area contributed by atoms with Crippen molar-refractivity contribution in [2.45, 2.75) is 26.7 Å². The van der Waals surface area contributed by atoms with Crippen molar-refractivity contribution in [1.29, 1.82) is 0 Å². The van der Waals surface area contributed by atoms with E-state index in [1.165, 1.54) is 0 Å². The van der Waals surface area contributed by atoms with Crippen LogP contribution in [0.25, 0.3) is 0 Å². The molecule has 0 fully saturated rings. The van der Waals surface area contributed by atoms with Crippen molar-refractivity contribution >= 4 is 6.03 Å². The first-order valence-electron chi connectivity index (χ1n) is 5.21. The van der Waals surface area contributed by atoms with E-state index >= 15 is 0 Å². The molecular weight excluding hydrogens is 180 g/mol. The Balaban J connectivity index is 3.40. The van der Waals surface area contributed by atoms with Crippen molar-refractivity contribution < 1.29 is 9.90 Å². The Labute approximate surface area is 86.3 Å². The highest BCUT2D eigenvalue weighted by Gasteiger charge is 2.04. The van der Waals surface area contributed by atoms with Gasteiger partial charge in [-0.25, -0.2) is 4.79 Å². The van der Waals surface area contributed by atoms with E-state index in [0.717, 1.165) is 19.4 Å². The molecule has 0 aliphatic carbocycles. The average molecular weight is 202 g/mol. The summed E-state index contributed by atoms with van der Waals surface area (Å²) in [6.45, 7) is 5.57. The predicted molar refractivity (Wildman–Crippen MR) is 57.2 cm³/mol. The molecule has 1 unspecified atom stereocenters. The summed E-state index contributed by atoms with van der Waals surface area (Å²) < 4.78 is 0. The zero-order chi connectivity index (χ0) is 11.0. The molecule has 0 radical (unpaired) electrons. The van der Waals surface area contributed by atoms with Crippen LogP contribution >= 0.6 is 0 Å². The molecular formula is C10H22N2O2. The molecule has 0 aliphatic heterocycles. The molecule has 0 aromatic rings. The number of urea groups is 1. The van der Waals surface area contributed by atoms with Gasteiger partial charge < -0.3 is 15.3 Å². The molecule has 4 nitrogen and oxygen atoms in total. The minimum absolute atomic E-state index is 0.0239. The number of aliphatic hydroxyl groups excluding tert-OH is 1. The lowest BCUT2D eigenvalue weighted by Crippen LogP contribution is -2.37. The van der Waals surface area contributed by atoms with Gasteiger partial charge in [-0.3, -0.25) is 0 Å². The highest BCUT2D eigenvalue weighted by molar-refractivity contribution is 5.73. The summed E-state index contributed by atoms with van der Waals surface area (Å²) in [4.78, 5) is 12.9. The fourth-order valence-corrected chi connectivity index (χ4v) is 1.02. The zero-order valence-corrected chi connectivity index (χ0v) is 9.42. The molecule has 0 spiro atoms. The number of carbonyl (C=O) groups is 1. The van der Waals surface area contributed by atoms with Gasteiger partial charge in [-0.1, -0.05) is 6.92 Å². The van der Waals surface area contributed by atoms with E-state index in [1.807, 2.05) is 13.8 Å². The zero-order valence-electron chi connectivity index (χ0n) is 9.42. The van der Waals surface area contributed by atoms with Crippen molar-refractivity contribution in [3.63, 3.8) is 0 Å². The largest absolute Gasteiger partial charge is 0.396 e. The summed E-state index contributed by atoms with van der Waals surface area (Å²) in [7, 11) is 1.77. The lowest BCUT2D eigenvalue weighted by Gasteiger charge is -2.15. The Bertz CT molecular complexity index is 162. The molecule has 0 bridgehead atoms. The topological polar surface area (TPSA) is 52.6 Å². The number of nitrogens with one attached hydrogen (secondary N) is 1. The van der Waals surface area contributed by atoms with Gasteiger partial charge in [-0.2, -0.15) is 0 Å². The van der Waals surface area contributed by atoms with Gasteiger partial charge in [0.2, 0.25) is 0 Å². The Kier molecular flexibility index (Phi) is 7.20. The molecule has 0 rings (SSSR count). The third-order valence-electron chi connectivity index (χ3n) is 2.28. The minimum Gasteiger partial charge on any atom is -0.396 e. The molecule has 0 aliphatic rings. The highest BCUT2D eigenvalue weighted by atomic mass is 16.3. The van der Waals surface area contributed by atoms with E-state index in [2.05, 4.69) is 5.32 Å². The number of amides is 2. The third-order valence-corrected chi connectivity index (χ3v) is 2.28. The van der Waals surface area contributed by atoms with Crippen molar-refractivity contribution in [3.05, 3.63) is 0 Å². The fourth-order valence-electron chi connectivity index (χ4n) is 1.02. The van der Waals surface area contributed by atoms with Crippen molar-refractivity contribution in [3.8, 4) is 0 Å². The fraction of sp³-hybridized carbons (Fsp3) is 0.900. The summed E-state index contributed by atoms with van der Waals surface area (Å²) in [6.07, 6.45) is 1.87. The maximum absolute atomic E-state index is 11.3. The molecule has 0 aromatic heterocycles. The van der Waals surface area contributed by atoms with Crippen LogP contribution < -0.4 is 5.32 Å². The van der Waals surface area contributed by atoms with Crippen molar-refractivity contribution in [2.75, 3.05) is 26.7 Å². The predicted octanol–water partition coefficient (Wildman–Crippen LogP) is 1.06. The van der Waals surface area contributed by atoms with Gasteiger partial charge in [0.25, 0.3) is 0 Å². The number of rotatable bonds is 6. The quantitative estimate of drug-likeness (QED) is 0.633. The molecule has 4 heteroatoms. The van der Waals surface area contributed by atoms with Gasteiger partial charge >= 0.3 is 6.03 Å². The van der Waals surface area contributed by atoms with Gasteiger partial charge in [0.1, 0.15) is 0 Å². The molecule has 0 saturated carbocycles. The van der Waals surface area contributed by atoms with E-state index in [1.54, 1.807) is 11.9 Å². The molecule has 14 heavy (non-hydrogen) atoms. The van der Waals surface area contributed by atoms with Gasteiger partial charge in [-0.15, -0.1) is 0 Å². The Hall–Kier alpha value is -0.770. The SMILES string of the molecule is CCN(C)C(=O)NCCCC(C)CO. The molecule has 0 heterocycles. The van der Waals surface area contributed by atoms with Crippen molar-refractivity contribution in [1.82, 2.24) is 10.2 Å². The molecule has 1 atom stereocenters. The molecule has 0 saturated heterocycles. The highest BCUT2D eigenvalue weighted by Crippen LogP contribution is 2.02. The van der Waals surface area contributed by atoms with Crippen LogP contribution in [-0.2, 0) is 0 Å². The van der Waals surface area contributed by atoms with Crippen LogP contribution in [0.4, 0.5) is 4.79 Å². The summed E-state index contributed by atoms with van der Waals surface area (Å²) in [6, 6.07) is -0.0239.